The maximum absolute atomic E-state index is 12.1. The van der Waals surface area contributed by atoms with Gasteiger partial charge in [0.2, 0.25) is 0 Å². The Hall–Kier alpha value is -2.21. The van der Waals surface area contributed by atoms with Crippen LogP contribution in [0.1, 0.15) is 13.8 Å². The van der Waals surface area contributed by atoms with Crippen LogP contribution in [0.4, 0.5) is 11.4 Å². The first-order valence-corrected chi connectivity index (χ1v) is 8.02. The maximum Gasteiger partial charge on any atom is 0.261 e. The zero-order chi connectivity index (χ0) is 15.9. The quantitative estimate of drug-likeness (QED) is 0.850. The molecule has 0 aromatic heterocycles. The maximum atomic E-state index is 12.1. The predicted molar refractivity (Wildman–Crippen MR) is 86.0 cm³/mol. The summed E-state index contributed by atoms with van der Waals surface area (Å²) in [6.45, 7) is 4.00. The van der Waals surface area contributed by atoms with E-state index in [-0.39, 0.29) is 4.90 Å². The van der Waals surface area contributed by atoms with Crippen molar-refractivity contribution < 1.29 is 13.2 Å². The minimum Gasteiger partial charge on any atom is -0.495 e. The molecular weight excluding hydrogens is 288 g/mol. The van der Waals surface area contributed by atoms with E-state index in [4.69, 9.17) is 10.5 Å². The fourth-order valence-electron chi connectivity index (χ4n) is 1.61. The van der Waals surface area contributed by atoms with Crippen LogP contribution in [0.25, 0.3) is 0 Å². The predicted octanol–water partition coefficient (Wildman–Crippen LogP) is 3.10. The van der Waals surface area contributed by atoms with Gasteiger partial charge in [-0.1, -0.05) is 32.0 Å². The second kappa shape index (κ2) is 7.54. The largest absolute Gasteiger partial charge is 0.495 e. The number of hydrogen-bond acceptors (Lipinski definition) is 4. The van der Waals surface area contributed by atoms with Gasteiger partial charge in [-0.15, -0.1) is 0 Å². The summed E-state index contributed by atoms with van der Waals surface area (Å²) < 4.78 is 31.6. The number of benzene rings is 2. The molecule has 2 rings (SSSR count). The van der Waals surface area contributed by atoms with Crippen LogP contribution in [-0.2, 0) is 10.0 Å². The Bertz CT molecular complexity index is 671. The van der Waals surface area contributed by atoms with Crippen LogP contribution in [0.5, 0.6) is 5.75 Å². The molecule has 2 aromatic rings. The lowest BCUT2D eigenvalue weighted by Crippen LogP contribution is -2.13. The van der Waals surface area contributed by atoms with Gasteiger partial charge in [-0.3, -0.25) is 4.72 Å². The smallest absolute Gasteiger partial charge is 0.261 e. The zero-order valence-corrected chi connectivity index (χ0v) is 13.1. The Kier molecular flexibility index (Phi) is 6.05. The summed E-state index contributed by atoms with van der Waals surface area (Å²) in [4.78, 5) is 0.199. The van der Waals surface area contributed by atoms with Crippen LogP contribution in [0.15, 0.2) is 53.4 Å². The van der Waals surface area contributed by atoms with Crippen LogP contribution in [0.2, 0.25) is 0 Å². The van der Waals surface area contributed by atoms with Crippen molar-refractivity contribution in [2.24, 2.45) is 0 Å². The third kappa shape index (κ3) is 4.39. The molecule has 0 saturated carbocycles. The number of hydrogen-bond donors (Lipinski definition) is 2. The van der Waals surface area contributed by atoms with Gasteiger partial charge >= 0.3 is 0 Å². The number of ether oxygens (including phenoxy) is 1. The van der Waals surface area contributed by atoms with Gasteiger partial charge < -0.3 is 10.5 Å². The lowest BCUT2D eigenvalue weighted by atomic mass is 10.2. The minimum atomic E-state index is -3.60. The third-order valence-electron chi connectivity index (χ3n) is 2.54. The van der Waals surface area contributed by atoms with Crippen molar-refractivity contribution >= 4 is 21.4 Å². The number of nitrogens with two attached hydrogens (primary N) is 1. The number of nitrogens with one attached hydrogen (secondary N) is 1. The third-order valence-corrected chi connectivity index (χ3v) is 3.93. The van der Waals surface area contributed by atoms with Crippen LogP contribution >= 0.6 is 0 Å². The second-order valence-corrected chi connectivity index (χ2v) is 5.56. The van der Waals surface area contributed by atoms with Crippen LogP contribution in [0, 0.1) is 0 Å². The standard InChI is InChI=1S/C13H14N2O3S.C2H6/c1-18-13-8-7-10(9-12(13)14)15-19(16,17)11-5-3-2-4-6-11;1-2/h2-9,15H,14H2,1H3;1-2H3. The minimum absolute atomic E-state index is 0.199. The molecule has 0 unspecified atom stereocenters. The van der Waals surface area contributed by atoms with Crippen molar-refractivity contribution in [2.45, 2.75) is 18.7 Å². The molecule has 0 aliphatic heterocycles. The monoisotopic (exact) mass is 308 g/mol. The normalized spacial score (nSPS) is 10.2. The number of methoxy groups -OCH3 is 1. The first kappa shape index (κ1) is 16.8. The van der Waals surface area contributed by atoms with Crippen molar-refractivity contribution in [1.29, 1.82) is 0 Å². The highest BCUT2D eigenvalue weighted by Crippen LogP contribution is 2.26. The van der Waals surface area contributed by atoms with Crippen LogP contribution in [-0.4, -0.2) is 15.5 Å². The molecule has 2 aromatic carbocycles. The lowest BCUT2D eigenvalue weighted by molar-refractivity contribution is 0.417. The summed E-state index contributed by atoms with van der Waals surface area (Å²) in [5.74, 6) is 0.502. The van der Waals surface area contributed by atoms with E-state index in [1.165, 1.54) is 25.3 Å². The molecule has 3 N–H and O–H groups in total. The number of rotatable bonds is 4. The summed E-state index contributed by atoms with van der Waals surface area (Å²) in [5.41, 5.74) is 6.49. The molecule has 0 fully saturated rings. The Morgan fingerprint density at radius 2 is 1.67 bits per heavy atom. The van der Waals surface area contributed by atoms with Crippen LogP contribution < -0.4 is 15.2 Å². The van der Waals surface area contributed by atoms with Gasteiger partial charge in [0.15, 0.2) is 0 Å². The average Bonchev–Trinajstić information content (AvgIpc) is 2.50. The molecule has 114 valence electrons. The molecule has 0 atom stereocenters. The molecule has 0 aliphatic rings. The van der Waals surface area contributed by atoms with E-state index in [2.05, 4.69) is 4.72 Å². The van der Waals surface area contributed by atoms with Crippen molar-refractivity contribution in [3.05, 3.63) is 48.5 Å². The van der Waals surface area contributed by atoms with E-state index < -0.39 is 10.0 Å². The van der Waals surface area contributed by atoms with E-state index in [0.717, 1.165) is 0 Å². The molecule has 0 bridgehead atoms. The van der Waals surface area contributed by atoms with Crippen molar-refractivity contribution in [3.8, 4) is 5.75 Å². The summed E-state index contributed by atoms with van der Waals surface area (Å²) in [6, 6.07) is 12.8. The SMILES string of the molecule is CC.COc1ccc(NS(=O)(=O)c2ccccc2)cc1N. The summed E-state index contributed by atoms with van der Waals surface area (Å²) >= 11 is 0. The molecule has 0 saturated heterocycles. The molecule has 6 heteroatoms. The Morgan fingerprint density at radius 3 is 2.19 bits per heavy atom. The van der Waals surface area contributed by atoms with Gasteiger partial charge in [0.05, 0.1) is 23.4 Å². The van der Waals surface area contributed by atoms with Crippen LogP contribution in [0.3, 0.4) is 0 Å². The van der Waals surface area contributed by atoms with Gasteiger partial charge in [-0.25, -0.2) is 8.42 Å². The highest BCUT2D eigenvalue weighted by Gasteiger charge is 2.13. The van der Waals surface area contributed by atoms with Gasteiger partial charge in [0, 0.05) is 0 Å². The highest BCUT2D eigenvalue weighted by atomic mass is 32.2. The number of sulfonamides is 1. The topological polar surface area (TPSA) is 81.4 Å². The summed E-state index contributed by atoms with van der Waals surface area (Å²) in [7, 11) is -2.10. The Labute approximate surface area is 125 Å². The first-order valence-electron chi connectivity index (χ1n) is 6.54. The van der Waals surface area contributed by atoms with E-state index >= 15 is 0 Å². The van der Waals surface area contributed by atoms with E-state index in [0.29, 0.717) is 17.1 Å². The number of anilines is 2. The van der Waals surface area contributed by atoms with Gasteiger partial charge in [0.25, 0.3) is 10.0 Å². The molecule has 0 amide bonds. The Morgan fingerprint density at radius 1 is 1.05 bits per heavy atom. The van der Waals surface area contributed by atoms with E-state index in [9.17, 15) is 8.42 Å². The molecule has 0 aliphatic carbocycles. The van der Waals surface area contributed by atoms with Gasteiger partial charge in [-0.05, 0) is 30.3 Å². The Balaban J connectivity index is 0.00000106. The summed E-state index contributed by atoms with van der Waals surface area (Å²) in [6.07, 6.45) is 0. The molecule has 5 nitrogen and oxygen atoms in total. The molecule has 0 radical (unpaired) electrons. The van der Waals surface area contributed by atoms with Gasteiger partial charge in [0.1, 0.15) is 5.75 Å². The fourth-order valence-corrected chi connectivity index (χ4v) is 2.68. The van der Waals surface area contributed by atoms with Crippen molar-refractivity contribution in [1.82, 2.24) is 0 Å². The average molecular weight is 308 g/mol. The lowest BCUT2D eigenvalue weighted by Gasteiger charge is -2.10. The van der Waals surface area contributed by atoms with E-state index in [1.54, 1.807) is 30.3 Å². The first-order chi connectivity index (χ1) is 10.0. The zero-order valence-electron chi connectivity index (χ0n) is 12.3. The van der Waals surface area contributed by atoms with Gasteiger partial charge in [-0.2, -0.15) is 0 Å². The fraction of sp³-hybridized carbons (Fsp3) is 0.200. The molecular formula is C15H20N2O3S. The highest BCUT2D eigenvalue weighted by molar-refractivity contribution is 7.92. The number of nitrogen functional groups attached to an aromatic ring is 1. The molecule has 21 heavy (non-hydrogen) atoms. The van der Waals surface area contributed by atoms with E-state index in [1.807, 2.05) is 13.8 Å². The second-order valence-electron chi connectivity index (χ2n) is 3.88. The van der Waals surface area contributed by atoms with Crippen molar-refractivity contribution in [2.75, 3.05) is 17.6 Å². The summed E-state index contributed by atoms with van der Waals surface area (Å²) in [5, 5.41) is 0. The van der Waals surface area contributed by atoms with Crippen molar-refractivity contribution in [3.63, 3.8) is 0 Å². The molecule has 0 heterocycles. The molecule has 0 spiro atoms.